The van der Waals surface area contributed by atoms with Crippen molar-refractivity contribution in [1.29, 1.82) is 0 Å². The second kappa shape index (κ2) is 8.58. The molecule has 1 N–H and O–H groups in total. The number of carbonyl (C=O) groups is 2. The highest BCUT2D eigenvalue weighted by Gasteiger charge is 2.40. The second-order valence-corrected chi connectivity index (χ2v) is 6.78. The lowest BCUT2D eigenvalue weighted by molar-refractivity contribution is -0.143. The van der Waals surface area contributed by atoms with Gasteiger partial charge in [-0.25, -0.2) is 13.9 Å². The first kappa shape index (κ1) is 22.0. The van der Waals surface area contributed by atoms with E-state index < -0.39 is 35.1 Å². The number of aromatic nitrogens is 2. The first-order valence-electron chi connectivity index (χ1n) is 9.10. The molecule has 0 fully saturated rings. The molecule has 1 aromatic heterocycles. The number of carbonyl (C=O) groups excluding carboxylic acids is 2. The van der Waals surface area contributed by atoms with Crippen LogP contribution in [0.1, 0.15) is 40.3 Å². The van der Waals surface area contributed by atoms with Crippen LogP contribution in [-0.2, 0) is 10.9 Å². The molecule has 0 aliphatic carbocycles. The van der Waals surface area contributed by atoms with Gasteiger partial charge >= 0.3 is 12.1 Å². The molecule has 162 valence electrons. The summed E-state index contributed by atoms with van der Waals surface area (Å²) in [6, 6.07) is 9.72. The number of halogens is 4. The molecule has 1 heterocycles. The molecule has 0 unspecified atom stereocenters. The van der Waals surface area contributed by atoms with Gasteiger partial charge < -0.3 is 10.1 Å². The van der Waals surface area contributed by atoms with Crippen LogP contribution < -0.4 is 5.32 Å². The molecular formula is C21H17F4N3O3. The van der Waals surface area contributed by atoms with E-state index in [4.69, 9.17) is 4.74 Å². The van der Waals surface area contributed by atoms with Gasteiger partial charge in [0.2, 0.25) is 0 Å². The largest absolute Gasteiger partial charge is 0.459 e. The van der Waals surface area contributed by atoms with Crippen LogP contribution in [0, 0.1) is 5.82 Å². The van der Waals surface area contributed by atoms with E-state index in [2.05, 4.69) is 10.4 Å². The minimum Gasteiger partial charge on any atom is -0.459 e. The number of benzene rings is 2. The smallest absolute Gasteiger partial charge is 0.434 e. The average Bonchev–Trinajstić information content (AvgIpc) is 3.14. The van der Waals surface area contributed by atoms with Gasteiger partial charge in [0.1, 0.15) is 5.82 Å². The lowest BCUT2D eigenvalue weighted by Crippen LogP contribution is -2.20. The minimum atomic E-state index is -4.90. The van der Waals surface area contributed by atoms with E-state index in [1.165, 1.54) is 24.3 Å². The Morgan fingerprint density at radius 3 is 2.19 bits per heavy atom. The van der Waals surface area contributed by atoms with Crippen molar-refractivity contribution >= 4 is 17.6 Å². The molecule has 0 saturated heterocycles. The number of esters is 1. The van der Waals surface area contributed by atoms with E-state index in [-0.39, 0.29) is 23.0 Å². The lowest BCUT2D eigenvalue weighted by atomic mass is 10.2. The quantitative estimate of drug-likeness (QED) is 0.460. The maximum absolute atomic E-state index is 13.7. The van der Waals surface area contributed by atoms with Gasteiger partial charge in [0, 0.05) is 5.69 Å². The van der Waals surface area contributed by atoms with Crippen LogP contribution in [0.2, 0.25) is 0 Å². The number of amides is 1. The molecule has 6 nitrogen and oxygen atoms in total. The Bertz CT molecular complexity index is 1090. The molecule has 0 bridgehead atoms. The molecule has 0 aliphatic rings. The Labute approximate surface area is 174 Å². The van der Waals surface area contributed by atoms with Gasteiger partial charge in [0.25, 0.3) is 5.91 Å². The summed E-state index contributed by atoms with van der Waals surface area (Å²) in [5, 5.41) is 6.01. The van der Waals surface area contributed by atoms with E-state index in [1.54, 1.807) is 13.8 Å². The number of anilines is 1. The van der Waals surface area contributed by atoms with Crippen molar-refractivity contribution < 1.29 is 31.9 Å². The van der Waals surface area contributed by atoms with E-state index in [1.807, 2.05) is 0 Å². The van der Waals surface area contributed by atoms with Gasteiger partial charge in [-0.15, -0.1) is 0 Å². The highest BCUT2D eigenvalue weighted by molar-refractivity contribution is 6.05. The molecule has 3 aromatic rings. The van der Waals surface area contributed by atoms with Crippen molar-refractivity contribution in [3.05, 3.63) is 77.4 Å². The molecule has 0 radical (unpaired) electrons. The Balaban J connectivity index is 1.87. The van der Waals surface area contributed by atoms with Crippen LogP contribution in [-0.4, -0.2) is 27.8 Å². The Morgan fingerprint density at radius 2 is 1.65 bits per heavy atom. The molecule has 2 aromatic carbocycles. The van der Waals surface area contributed by atoms with E-state index in [0.29, 0.717) is 4.68 Å². The van der Waals surface area contributed by atoms with Gasteiger partial charge in [-0.1, -0.05) is 0 Å². The number of hydrogen-bond donors (Lipinski definition) is 1. The first-order valence-corrected chi connectivity index (χ1v) is 9.10. The third-order valence-electron chi connectivity index (χ3n) is 4.07. The SMILES string of the molecule is CC(C)OC(=O)c1ccc(NC(=O)c2cnn(-c3ccc(F)cc3)c2C(F)(F)F)cc1. The maximum atomic E-state index is 13.7. The van der Waals surface area contributed by atoms with Gasteiger partial charge in [0.15, 0.2) is 5.69 Å². The van der Waals surface area contributed by atoms with Crippen LogP contribution in [0.3, 0.4) is 0 Å². The number of nitrogens with zero attached hydrogens (tertiary/aromatic N) is 2. The Kier molecular flexibility index (Phi) is 6.09. The van der Waals surface area contributed by atoms with Crippen LogP contribution in [0.25, 0.3) is 5.69 Å². The second-order valence-electron chi connectivity index (χ2n) is 6.78. The zero-order chi connectivity index (χ0) is 22.8. The standard InChI is InChI=1S/C21H17F4N3O3/c1-12(2)31-20(30)13-3-7-15(8-4-13)27-19(29)17-11-26-28(18(17)21(23,24)25)16-9-5-14(22)6-10-16/h3-12H,1-2H3,(H,27,29). The molecule has 1 amide bonds. The van der Waals surface area contributed by atoms with Gasteiger partial charge in [-0.05, 0) is 62.4 Å². The average molecular weight is 435 g/mol. The molecule has 0 spiro atoms. The summed E-state index contributed by atoms with van der Waals surface area (Å²) >= 11 is 0. The van der Waals surface area contributed by atoms with E-state index in [9.17, 15) is 27.2 Å². The zero-order valence-corrected chi connectivity index (χ0v) is 16.4. The maximum Gasteiger partial charge on any atom is 0.434 e. The van der Waals surface area contributed by atoms with Crippen LogP contribution in [0.5, 0.6) is 0 Å². The van der Waals surface area contributed by atoms with Gasteiger partial charge in [0.05, 0.1) is 29.1 Å². The fourth-order valence-electron chi connectivity index (χ4n) is 2.74. The van der Waals surface area contributed by atoms with Crippen LogP contribution >= 0.6 is 0 Å². The Morgan fingerprint density at radius 1 is 1.03 bits per heavy atom. The zero-order valence-electron chi connectivity index (χ0n) is 16.4. The summed E-state index contributed by atoms with van der Waals surface area (Å²) in [6.07, 6.45) is -4.43. The summed E-state index contributed by atoms with van der Waals surface area (Å²) in [7, 11) is 0. The predicted molar refractivity (Wildman–Crippen MR) is 103 cm³/mol. The molecule has 10 heteroatoms. The normalized spacial score (nSPS) is 11.5. The fraction of sp³-hybridized carbons (Fsp3) is 0.190. The van der Waals surface area contributed by atoms with E-state index in [0.717, 1.165) is 30.5 Å². The summed E-state index contributed by atoms with van der Waals surface area (Å²) in [4.78, 5) is 24.4. The van der Waals surface area contributed by atoms with Crippen molar-refractivity contribution in [1.82, 2.24) is 9.78 Å². The van der Waals surface area contributed by atoms with Gasteiger partial charge in [-0.2, -0.15) is 18.3 Å². The van der Waals surface area contributed by atoms with Gasteiger partial charge in [-0.3, -0.25) is 4.79 Å². The lowest BCUT2D eigenvalue weighted by Gasteiger charge is -2.13. The number of nitrogens with one attached hydrogen (secondary N) is 1. The van der Waals surface area contributed by atoms with Crippen molar-refractivity contribution in [3.63, 3.8) is 0 Å². The number of hydrogen-bond acceptors (Lipinski definition) is 4. The molecule has 3 rings (SSSR count). The van der Waals surface area contributed by atoms with E-state index >= 15 is 0 Å². The fourth-order valence-corrected chi connectivity index (χ4v) is 2.74. The van der Waals surface area contributed by atoms with Crippen molar-refractivity contribution in [2.75, 3.05) is 5.32 Å². The summed E-state index contributed by atoms with van der Waals surface area (Å²) in [6.45, 7) is 3.38. The topological polar surface area (TPSA) is 73.2 Å². The van der Waals surface area contributed by atoms with Crippen LogP contribution in [0.15, 0.2) is 54.7 Å². The van der Waals surface area contributed by atoms with Crippen molar-refractivity contribution in [2.24, 2.45) is 0 Å². The van der Waals surface area contributed by atoms with Crippen LogP contribution in [0.4, 0.5) is 23.2 Å². The predicted octanol–water partition coefficient (Wildman–Crippen LogP) is 4.85. The highest BCUT2D eigenvalue weighted by Crippen LogP contribution is 2.34. The summed E-state index contributed by atoms with van der Waals surface area (Å²) in [5.41, 5.74) is -1.66. The van der Waals surface area contributed by atoms with Crippen molar-refractivity contribution in [3.8, 4) is 5.69 Å². The number of alkyl halides is 3. The molecular weight excluding hydrogens is 418 g/mol. The third-order valence-corrected chi connectivity index (χ3v) is 4.07. The number of ether oxygens (including phenoxy) is 1. The third kappa shape index (κ3) is 5.08. The number of rotatable bonds is 5. The molecule has 0 aliphatic heterocycles. The summed E-state index contributed by atoms with van der Waals surface area (Å²) < 4.78 is 59.7. The molecule has 0 saturated carbocycles. The minimum absolute atomic E-state index is 0.0548. The Hall–Kier alpha value is -3.69. The summed E-state index contributed by atoms with van der Waals surface area (Å²) in [5.74, 6) is -2.23. The molecule has 0 atom stereocenters. The molecule has 31 heavy (non-hydrogen) atoms. The monoisotopic (exact) mass is 435 g/mol. The highest BCUT2D eigenvalue weighted by atomic mass is 19.4. The van der Waals surface area contributed by atoms with Crippen molar-refractivity contribution in [2.45, 2.75) is 26.1 Å². The first-order chi connectivity index (χ1) is 14.6.